The number of esters is 1. The quantitative estimate of drug-likeness (QED) is 0.356. The Hall–Kier alpha value is -2.44. The van der Waals surface area contributed by atoms with Crippen LogP contribution in [-0.2, 0) is 14.3 Å². The molecule has 0 saturated carbocycles. The molecule has 1 aromatic carbocycles. The van der Waals surface area contributed by atoms with E-state index in [2.05, 4.69) is 21.9 Å². The summed E-state index contributed by atoms with van der Waals surface area (Å²) < 4.78 is 16.1. The Bertz CT molecular complexity index is 845. The zero-order valence-electron chi connectivity index (χ0n) is 14.6. The molecule has 1 aromatic rings. The van der Waals surface area contributed by atoms with Crippen LogP contribution >= 0.6 is 27.7 Å². The van der Waals surface area contributed by atoms with Crippen LogP contribution in [0.1, 0.15) is 12.5 Å². The van der Waals surface area contributed by atoms with E-state index in [1.54, 1.807) is 19.1 Å². The summed E-state index contributed by atoms with van der Waals surface area (Å²) in [5, 5.41) is -0.528. The molecule has 2 amide bonds. The summed E-state index contributed by atoms with van der Waals surface area (Å²) >= 11 is 4.13. The van der Waals surface area contributed by atoms with Crippen molar-refractivity contribution in [1.82, 2.24) is 4.90 Å². The molecule has 0 atom stereocenters. The highest BCUT2D eigenvalue weighted by molar-refractivity contribution is 9.10. The number of methoxy groups -OCH3 is 1. The van der Waals surface area contributed by atoms with E-state index in [1.165, 1.54) is 13.2 Å². The third-order valence-electron chi connectivity index (χ3n) is 3.32. The van der Waals surface area contributed by atoms with Crippen molar-refractivity contribution in [3.63, 3.8) is 0 Å². The largest absolute Gasteiger partial charge is 0.493 e. The first-order valence-electron chi connectivity index (χ1n) is 7.76. The van der Waals surface area contributed by atoms with Gasteiger partial charge < -0.3 is 14.2 Å². The third-order valence-corrected chi connectivity index (χ3v) is 4.81. The molecule has 0 N–H and O–H groups in total. The average molecular weight is 454 g/mol. The van der Waals surface area contributed by atoms with Gasteiger partial charge in [0.15, 0.2) is 11.5 Å². The van der Waals surface area contributed by atoms with E-state index in [4.69, 9.17) is 20.6 Å². The molecule has 0 aliphatic carbocycles. The molecule has 0 unspecified atom stereocenters. The van der Waals surface area contributed by atoms with Crippen LogP contribution in [-0.4, -0.2) is 48.9 Å². The van der Waals surface area contributed by atoms with Gasteiger partial charge in [-0.25, -0.2) is 0 Å². The van der Waals surface area contributed by atoms with Crippen molar-refractivity contribution in [2.75, 3.05) is 26.9 Å². The van der Waals surface area contributed by atoms with Gasteiger partial charge in [0.25, 0.3) is 11.1 Å². The van der Waals surface area contributed by atoms with Crippen LogP contribution in [0.2, 0.25) is 0 Å². The van der Waals surface area contributed by atoms with Gasteiger partial charge in [0, 0.05) is 0 Å². The SMILES string of the molecule is C#CCOc1c(Br)cc(/C=C2\SC(=O)N(CC(=O)OCC)C2=O)cc1OC. The zero-order chi connectivity index (χ0) is 20.0. The Kier molecular flexibility index (Phi) is 7.33. The number of imide groups is 1. The molecule has 0 spiro atoms. The van der Waals surface area contributed by atoms with Gasteiger partial charge in [-0.05, 0) is 58.4 Å². The summed E-state index contributed by atoms with van der Waals surface area (Å²) in [6.45, 7) is 1.48. The maximum absolute atomic E-state index is 12.4. The lowest BCUT2D eigenvalue weighted by Gasteiger charge is -2.12. The first kappa shape index (κ1) is 20.9. The van der Waals surface area contributed by atoms with Crippen molar-refractivity contribution in [1.29, 1.82) is 0 Å². The molecule has 142 valence electrons. The number of carbonyl (C=O) groups excluding carboxylic acids is 3. The highest BCUT2D eigenvalue weighted by Crippen LogP contribution is 2.39. The van der Waals surface area contributed by atoms with E-state index in [1.807, 2.05) is 0 Å². The third kappa shape index (κ3) is 5.05. The maximum Gasteiger partial charge on any atom is 0.326 e. The van der Waals surface area contributed by atoms with Crippen molar-refractivity contribution in [3.05, 3.63) is 27.1 Å². The molecule has 0 radical (unpaired) electrons. The predicted molar refractivity (Wildman–Crippen MR) is 104 cm³/mol. The number of rotatable bonds is 7. The highest BCUT2D eigenvalue weighted by Gasteiger charge is 2.36. The van der Waals surface area contributed by atoms with Crippen LogP contribution < -0.4 is 9.47 Å². The van der Waals surface area contributed by atoms with Crippen molar-refractivity contribution in [2.24, 2.45) is 0 Å². The van der Waals surface area contributed by atoms with Gasteiger partial charge >= 0.3 is 5.97 Å². The summed E-state index contributed by atoms with van der Waals surface area (Å²) in [5.74, 6) is 2.02. The molecule has 7 nitrogen and oxygen atoms in total. The highest BCUT2D eigenvalue weighted by atomic mass is 79.9. The number of carbonyl (C=O) groups is 3. The first-order valence-corrected chi connectivity index (χ1v) is 9.37. The minimum atomic E-state index is -0.638. The second-order valence-corrected chi connectivity index (χ2v) is 6.95. The van der Waals surface area contributed by atoms with Gasteiger partial charge in [-0.3, -0.25) is 19.3 Å². The number of benzene rings is 1. The average Bonchev–Trinajstić information content (AvgIpc) is 2.88. The molecule has 9 heteroatoms. The minimum Gasteiger partial charge on any atom is -0.493 e. The molecule has 0 aromatic heterocycles. The van der Waals surface area contributed by atoms with Gasteiger partial charge in [-0.2, -0.15) is 0 Å². The minimum absolute atomic E-state index is 0.0705. The van der Waals surface area contributed by atoms with E-state index in [0.29, 0.717) is 21.5 Å². The Morgan fingerprint density at radius 3 is 2.78 bits per heavy atom. The first-order chi connectivity index (χ1) is 12.9. The van der Waals surface area contributed by atoms with E-state index in [9.17, 15) is 14.4 Å². The van der Waals surface area contributed by atoms with Gasteiger partial charge in [-0.15, -0.1) is 6.42 Å². The van der Waals surface area contributed by atoms with E-state index in [-0.39, 0.29) is 18.1 Å². The second-order valence-electron chi connectivity index (χ2n) is 5.10. The van der Waals surface area contributed by atoms with Gasteiger partial charge in [0.1, 0.15) is 13.2 Å². The Labute approximate surface area is 169 Å². The van der Waals surface area contributed by atoms with Crippen LogP contribution in [0.3, 0.4) is 0 Å². The number of nitrogens with zero attached hydrogens (tertiary/aromatic N) is 1. The van der Waals surface area contributed by atoms with Crippen LogP contribution in [0, 0.1) is 12.3 Å². The molecule has 1 saturated heterocycles. The molecular formula is C18H16BrNO6S. The lowest BCUT2D eigenvalue weighted by molar-refractivity contribution is -0.145. The van der Waals surface area contributed by atoms with E-state index >= 15 is 0 Å². The zero-order valence-corrected chi connectivity index (χ0v) is 17.0. The van der Waals surface area contributed by atoms with Crippen LogP contribution in [0.15, 0.2) is 21.5 Å². The molecule has 1 fully saturated rings. The van der Waals surface area contributed by atoms with E-state index in [0.717, 1.165) is 16.7 Å². The van der Waals surface area contributed by atoms with Gasteiger partial charge in [-0.1, -0.05) is 5.92 Å². The van der Waals surface area contributed by atoms with Crippen molar-refractivity contribution >= 4 is 50.9 Å². The fraction of sp³-hybridized carbons (Fsp3) is 0.278. The van der Waals surface area contributed by atoms with Crippen molar-refractivity contribution in [2.45, 2.75) is 6.92 Å². The number of amides is 2. The topological polar surface area (TPSA) is 82.1 Å². The van der Waals surface area contributed by atoms with Crippen molar-refractivity contribution < 1.29 is 28.6 Å². The summed E-state index contributed by atoms with van der Waals surface area (Å²) in [5.41, 5.74) is 0.605. The maximum atomic E-state index is 12.4. The number of terminal acetylenes is 1. The monoisotopic (exact) mass is 453 g/mol. The predicted octanol–water partition coefficient (Wildman–Crippen LogP) is 3.07. The molecular weight excluding hydrogens is 438 g/mol. The van der Waals surface area contributed by atoms with Crippen LogP contribution in [0.5, 0.6) is 11.5 Å². The molecule has 1 heterocycles. The Morgan fingerprint density at radius 1 is 1.41 bits per heavy atom. The number of hydrogen-bond donors (Lipinski definition) is 0. The number of halogens is 1. The summed E-state index contributed by atoms with van der Waals surface area (Å²) in [4.78, 5) is 37.1. The summed E-state index contributed by atoms with van der Waals surface area (Å²) in [6, 6.07) is 3.35. The Morgan fingerprint density at radius 2 is 2.15 bits per heavy atom. The molecule has 0 bridgehead atoms. The second kappa shape index (κ2) is 9.48. The van der Waals surface area contributed by atoms with Crippen molar-refractivity contribution in [3.8, 4) is 23.8 Å². The normalized spacial score (nSPS) is 15.0. The molecule has 1 aliphatic rings. The fourth-order valence-corrected chi connectivity index (χ4v) is 3.61. The molecule has 27 heavy (non-hydrogen) atoms. The molecule has 1 aliphatic heterocycles. The lowest BCUT2D eigenvalue weighted by Crippen LogP contribution is -2.34. The number of hydrogen-bond acceptors (Lipinski definition) is 7. The van der Waals surface area contributed by atoms with Crippen LogP contribution in [0.25, 0.3) is 6.08 Å². The number of ether oxygens (including phenoxy) is 3. The fourth-order valence-electron chi connectivity index (χ4n) is 2.20. The van der Waals surface area contributed by atoms with Gasteiger partial charge in [0.2, 0.25) is 0 Å². The Balaban J connectivity index is 2.27. The summed E-state index contributed by atoms with van der Waals surface area (Å²) in [6.07, 6.45) is 6.74. The standard InChI is InChI=1S/C18H16BrNO6S/c1-4-6-26-16-12(19)7-11(8-13(16)24-3)9-14-17(22)20(18(23)27-14)10-15(21)25-5-2/h1,7-9H,5-6,10H2,2-3H3/b14-9-. The van der Waals surface area contributed by atoms with Gasteiger partial charge in [0.05, 0.1) is 23.1 Å². The summed E-state index contributed by atoms with van der Waals surface area (Å²) in [7, 11) is 1.47. The lowest BCUT2D eigenvalue weighted by atomic mass is 10.2. The van der Waals surface area contributed by atoms with E-state index < -0.39 is 23.7 Å². The molecule has 2 rings (SSSR count). The smallest absolute Gasteiger partial charge is 0.326 e. The van der Waals surface area contributed by atoms with Crippen LogP contribution in [0.4, 0.5) is 4.79 Å². The number of thioether (sulfide) groups is 1.